The Bertz CT molecular complexity index is 529. The first-order valence-electron chi connectivity index (χ1n) is 6.69. The Morgan fingerprint density at radius 3 is 2.85 bits per heavy atom. The van der Waals surface area contributed by atoms with Crippen molar-refractivity contribution in [2.45, 2.75) is 25.8 Å². The molecule has 1 atom stereocenters. The Morgan fingerprint density at radius 2 is 2.20 bits per heavy atom. The first-order chi connectivity index (χ1) is 9.70. The van der Waals surface area contributed by atoms with E-state index in [4.69, 9.17) is 23.2 Å². The van der Waals surface area contributed by atoms with Crippen molar-refractivity contribution in [1.82, 2.24) is 9.55 Å². The van der Waals surface area contributed by atoms with Crippen LogP contribution in [0.1, 0.15) is 24.9 Å². The van der Waals surface area contributed by atoms with Crippen molar-refractivity contribution in [3.05, 3.63) is 52.5 Å². The molecule has 0 bridgehead atoms. The van der Waals surface area contributed by atoms with E-state index in [1.165, 1.54) is 12.2 Å². The second-order valence-corrected chi connectivity index (χ2v) is 6.67. The predicted octanol–water partition coefficient (Wildman–Crippen LogP) is 5.12. The van der Waals surface area contributed by atoms with Gasteiger partial charge < -0.3 is 4.57 Å². The normalized spacial score (nSPS) is 12.6. The third-order valence-electron chi connectivity index (χ3n) is 3.08. The highest BCUT2D eigenvalue weighted by atomic mass is 35.5. The van der Waals surface area contributed by atoms with Crippen LogP contribution in [-0.2, 0) is 6.42 Å². The molecule has 0 aliphatic carbocycles. The molecule has 0 saturated carbocycles. The Labute approximate surface area is 134 Å². The van der Waals surface area contributed by atoms with Gasteiger partial charge in [0.25, 0.3) is 0 Å². The summed E-state index contributed by atoms with van der Waals surface area (Å²) < 4.78 is 2.16. The van der Waals surface area contributed by atoms with Gasteiger partial charge in [0, 0.05) is 34.2 Å². The fourth-order valence-corrected chi connectivity index (χ4v) is 3.54. The van der Waals surface area contributed by atoms with E-state index in [2.05, 4.69) is 16.5 Å². The van der Waals surface area contributed by atoms with Gasteiger partial charge >= 0.3 is 0 Å². The molecule has 1 aromatic heterocycles. The molecule has 0 fully saturated rings. The molecule has 0 N–H and O–H groups in total. The number of nitrogens with zero attached hydrogens (tertiary/aromatic N) is 2. The van der Waals surface area contributed by atoms with Crippen LogP contribution in [0.4, 0.5) is 0 Å². The molecule has 0 amide bonds. The van der Waals surface area contributed by atoms with E-state index in [1.54, 1.807) is 0 Å². The van der Waals surface area contributed by atoms with Crippen molar-refractivity contribution in [2.24, 2.45) is 0 Å². The summed E-state index contributed by atoms with van der Waals surface area (Å²) in [5.74, 6) is 2.24. The van der Waals surface area contributed by atoms with Crippen LogP contribution >= 0.6 is 35.0 Å². The van der Waals surface area contributed by atoms with Crippen LogP contribution < -0.4 is 0 Å². The van der Waals surface area contributed by atoms with Gasteiger partial charge in [0.1, 0.15) is 0 Å². The molecule has 20 heavy (non-hydrogen) atoms. The van der Waals surface area contributed by atoms with Crippen LogP contribution in [0.15, 0.2) is 36.9 Å². The van der Waals surface area contributed by atoms with Gasteiger partial charge in [0.15, 0.2) is 0 Å². The summed E-state index contributed by atoms with van der Waals surface area (Å²) in [5, 5.41) is 1.42. The second kappa shape index (κ2) is 7.96. The van der Waals surface area contributed by atoms with Gasteiger partial charge in [-0.05, 0) is 36.3 Å². The van der Waals surface area contributed by atoms with E-state index < -0.39 is 0 Å². The molecular formula is C15H18Cl2N2S. The molecule has 108 valence electrons. The first kappa shape index (κ1) is 15.7. The number of hydrogen-bond acceptors (Lipinski definition) is 2. The van der Waals surface area contributed by atoms with Crippen molar-refractivity contribution < 1.29 is 0 Å². The van der Waals surface area contributed by atoms with E-state index in [9.17, 15) is 0 Å². The Morgan fingerprint density at radius 1 is 1.35 bits per heavy atom. The van der Waals surface area contributed by atoms with Gasteiger partial charge in [0.2, 0.25) is 0 Å². The summed E-state index contributed by atoms with van der Waals surface area (Å²) >= 11 is 14.2. The zero-order chi connectivity index (χ0) is 14.4. The number of benzene rings is 1. The van der Waals surface area contributed by atoms with E-state index in [-0.39, 0.29) is 0 Å². The lowest BCUT2D eigenvalue weighted by Crippen LogP contribution is -2.13. The van der Waals surface area contributed by atoms with E-state index in [1.807, 2.05) is 48.7 Å². The van der Waals surface area contributed by atoms with Crippen molar-refractivity contribution in [1.29, 1.82) is 0 Å². The largest absolute Gasteiger partial charge is 0.333 e. The van der Waals surface area contributed by atoms with Crippen molar-refractivity contribution in [3.63, 3.8) is 0 Å². The lowest BCUT2D eigenvalue weighted by molar-refractivity contribution is 0.553. The Kier molecular flexibility index (Phi) is 6.27. The van der Waals surface area contributed by atoms with Gasteiger partial charge in [-0.2, -0.15) is 11.8 Å². The van der Waals surface area contributed by atoms with Crippen LogP contribution in [-0.4, -0.2) is 21.1 Å². The third-order valence-corrected chi connectivity index (χ3v) is 4.98. The first-order valence-corrected chi connectivity index (χ1v) is 8.61. The lowest BCUT2D eigenvalue weighted by Gasteiger charge is -2.19. The highest BCUT2D eigenvalue weighted by Gasteiger charge is 2.13. The Balaban J connectivity index is 2.10. The van der Waals surface area contributed by atoms with Gasteiger partial charge in [-0.15, -0.1) is 0 Å². The van der Waals surface area contributed by atoms with Gasteiger partial charge in [-0.3, -0.25) is 0 Å². The van der Waals surface area contributed by atoms with Crippen molar-refractivity contribution >= 4 is 35.0 Å². The summed E-state index contributed by atoms with van der Waals surface area (Å²) in [7, 11) is 0. The maximum atomic E-state index is 6.28. The summed E-state index contributed by atoms with van der Waals surface area (Å²) in [5.41, 5.74) is 1.13. The van der Waals surface area contributed by atoms with E-state index in [0.29, 0.717) is 11.1 Å². The minimum atomic E-state index is 0.368. The molecular weight excluding hydrogens is 311 g/mol. The van der Waals surface area contributed by atoms with Crippen molar-refractivity contribution in [3.8, 4) is 0 Å². The zero-order valence-corrected chi connectivity index (χ0v) is 13.8. The van der Waals surface area contributed by atoms with Gasteiger partial charge in [-0.25, -0.2) is 4.98 Å². The number of imidazole rings is 1. The summed E-state index contributed by atoms with van der Waals surface area (Å²) in [4.78, 5) is 4.15. The number of thioether (sulfide) groups is 1. The molecule has 0 aliphatic heterocycles. The molecule has 2 rings (SSSR count). The average Bonchev–Trinajstić information content (AvgIpc) is 2.94. The topological polar surface area (TPSA) is 17.8 Å². The fraction of sp³-hybridized carbons (Fsp3) is 0.400. The maximum absolute atomic E-state index is 6.28. The average molecular weight is 329 g/mol. The van der Waals surface area contributed by atoms with Crippen LogP contribution in [0.2, 0.25) is 10.0 Å². The second-order valence-electron chi connectivity index (χ2n) is 4.68. The molecule has 2 aromatic rings. The summed E-state index contributed by atoms with van der Waals surface area (Å²) in [6.07, 6.45) is 7.80. The molecule has 0 radical (unpaired) electrons. The lowest BCUT2D eigenvalue weighted by atomic mass is 10.1. The van der Waals surface area contributed by atoms with E-state index >= 15 is 0 Å². The number of aromatic nitrogens is 2. The highest BCUT2D eigenvalue weighted by Crippen LogP contribution is 2.26. The Hall–Kier alpha value is -0.640. The molecule has 0 spiro atoms. The third kappa shape index (κ3) is 4.44. The fourth-order valence-electron chi connectivity index (χ4n) is 2.04. The van der Waals surface area contributed by atoms with Gasteiger partial charge in [0.05, 0.1) is 6.33 Å². The molecule has 1 aromatic carbocycles. The molecule has 5 heteroatoms. The van der Waals surface area contributed by atoms with Crippen molar-refractivity contribution in [2.75, 3.05) is 11.5 Å². The quantitative estimate of drug-likeness (QED) is 0.656. The van der Waals surface area contributed by atoms with Gasteiger partial charge in [-0.1, -0.05) is 36.2 Å². The SMILES string of the molecule is CCCSC[C@@H](Cc1ccc(Cl)cc1Cl)n1ccnc1. The maximum Gasteiger partial charge on any atom is 0.0948 e. The van der Waals surface area contributed by atoms with Crippen LogP contribution in [0, 0.1) is 0 Å². The highest BCUT2D eigenvalue weighted by molar-refractivity contribution is 7.99. The predicted molar refractivity (Wildman–Crippen MR) is 89.0 cm³/mol. The minimum absolute atomic E-state index is 0.368. The standard InChI is InChI=1S/C15H18Cl2N2S/c1-2-7-20-10-14(19-6-5-18-11-19)8-12-3-4-13(16)9-15(12)17/h3-6,9,11,14H,2,7-8,10H2,1H3/t14-/m1/s1. The molecule has 0 saturated heterocycles. The summed E-state index contributed by atoms with van der Waals surface area (Å²) in [6.45, 7) is 2.20. The number of halogens is 2. The zero-order valence-electron chi connectivity index (χ0n) is 11.4. The van der Waals surface area contributed by atoms with Crippen LogP contribution in [0.25, 0.3) is 0 Å². The molecule has 0 unspecified atom stereocenters. The van der Waals surface area contributed by atoms with Crippen LogP contribution in [0.3, 0.4) is 0 Å². The van der Waals surface area contributed by atoms with Crippen LogP contribution in [0.5, 0.6) is 0 Å². The smallest absolute Gasteiger partial charge is 0.0948 e. The molecule has 2 nitrogen and oxygen atoms in total. The molecule has 0 aliphatic rings. The minimum Gasteiger partial charge on any atom is -0.333 e. The van der Waals surface area contributed by atoms with E-state index in [0.717, 1.165) is 22.8 Å². The monoisotopic (exact) mass is 328 g/mol. The summed E-state index contributed by atoms with van der Waals surface area (Å²) in [6, 6.07) is 6.09. The number of rotatable bonds is 7. The number of hydrogen-bond donors (Lipinski definition) is 0. The molecule has 1 heterocycles.